The van der Waals surface area contributed by atoms with E-state index in [0.717, 1.165) is 14.4 Å². The van der Waals surface area contributed by atoms with Gasteiger partial charge in [-0.25, -0.2) is 4.98 Å². The Balaban J connectivity index is 2.30. The number of carbonyl (C=O) groups excluding carboxylic acids is 1. The molecule has 18 heavy (non-hydrogen) atoms. The van der Waals surface area contributed by atoms with Gasteiger partial charge in [-0.2, -0.15) is 0 Å². The second-order valence-corrected chi connectivity index (χ2v) is 5.89. The van der Waals surface area contributed by atoms with E-state index in [0.29, 0.717) is 10.6 Å². The van der Waals surface area contributed by atoms with Gasteiger partial charge in [-0.1, -0.05) is 29.4 Å². The molecule has 1 aromatic carbocycles. The van der Waals surface area contributed by atoms with E-state index in [2.05, 4.69) is 20.9 Å². The molecule has 0 unspecified atom stereocenters. The van der Waals surface area contributed by atoms with Crippen molar-refractivity contribution in [2.75, 3.05) is 0 Å². The van der Waals surface area contributed by atoms with E-state index in [9.17, 15) is 4.79 Å². The van der Waals surface area contributed by atoms with Crippen LogP contribution in [0.15, 0.2) is 50.9 Å². The third-order valence-electron chi connectivity index (χ3n) is 2.27. The summed E-state index contributed by atoms with van der Waals surface area (Å²) in [6, 6.07) is 9.07. The molecule has 0 aliphatic rings. The van der Waals surface area contributed by atoms with Gasteiger partial charge >= 0.3 is 0 Å². The molecule has 0 spiro atoms. The quantitative estimate of drug-likeness (QED) is 0.747. The normalized spacial score (nSPS) is 10.4. The molecule has 5 heteroatoms. The lowest BCUT2D eigenvalue weighted by Gasteiger charge is -2.06. The summed E-state index contributed by atoms with van der Waals surface area (Å²) in [7, 11) is 0. The fourth-order valence-corrected chi connectivity index (χ4v) is 2.93. The number of hydrogen-bond acceptors (Lipinski definition) is 3. The number of ketones is 1. The molecule has 92 valence electrons. The van der Waals surface area contributed by atoms with Crippen LogP contribution in [0, 0.1) is 0 Å². The topological polar surface area (TPSA) is 30.0 Å². The first-order chi connectivity index (χ1) is 8.58. The lowest BCUT2D eigenvalue weighted by Crippen LogP contribution is -1.91. The van der Waals surface area contributed by atoms with Gasteiger partial charge in [-0.15, -0.1) is 0 Å². The number of rotatable bonds is 3. The van der Waals surface area contributed by atoms with Crippen LogP contribution in [0.3, 0.4) is 0 Å². The predicted octanol–water partition coefficient (Wildman–Crippen LogP) is 4.85. The fraction of sp³-hybridized carbons (Fsp3) is 0.0769. The Morgan fingerprint density at radius 1 is 1.39 bits per heavy atom. The highest BCUT2D eigenvalue weighted by Crippen LogP contribution is 2.36. The maximum absolute atomic E-state index is 11.2. The average molecular weight is 343 g/mol. The zero-order valence-electron chi connectivity index (χ0n) is 9.48. The Kier molecular flexibility index (Phi) is 4.43. The standard InChI is InChI=1S/C13H9BrClNOS/c1-8(17)9-4-5-12(11(15)7-9)18-13-10(14)3-2-6-16-13/h2-7H,1H3. The third kappa shape index (κ3) is 3.13. The van der Waals surface area contributed by atoms with Crippen LogP contribution in [0.2, 0.25) is 5.02 Å². The molecule has 0 saturated carbocycles. The number of carbonyl (C=O) groups is 1. The Hall–Kier alpha value is -0.840. The summed E-state index contributed by atoms with van der Waals surface area (Å²) in [6.45, 7) is 1.52. The second kappa shape index (κ2) is 5.87. The maximum atomic E-state index is 11.2. The molecule has 0 radical (unpaired) electrons. The van der Waals surface area contributed by atoms with Gasteiger partial charge in [0.2, 0.25) is 0 Å². The van der Waals surface area contributed by atoms with Gasteiger partial charge in [0.15, 0.2) is 5.78 Å². The molecule has 0 atom stereocenters. The van der Waals surface area contributed by atoms with Crippen LogP contribution < -0.4 is 0 Å². The van der Waals surface area contributed by atoms with E-state index < -0.39 is 0 Å². The van der Waals surface area contributed by atoms with Crippen LogP contribution in [0.25, 0.3) is 0 Å². The lowest BCUT2D eigenvalue weighted by molar-refractivity contribution is 0.101. The second-order valence-electron chi connectivity index (χ2n) is 3.59. The Bertz CT molecular complexity index is 603. The first-order valence-corrected chi connectivity index (χ1v) is 7.15. The first-order valence-electron chi connectivity index (χ1n) is 5.17. The molecule has 0 aliphatic carbocycles. The van der Waals surface area contributed by atoms with Crippen LogP contribution in [0.4, 0.5) is 0 Å². The van der Waals surface area contributed by atoms with Crippen molar-refractivity contribution in [1.29, 1.82) is 0 Å². The van der Waals surface area contributed by atoms with Crippen molar-refractivity contribution in [2.45, 2.75) is 16.8 Å². The highest BCUT2D eigenvalue weighted by molar-refractivity contribution is 9.10. The van der Waals surface area contributed by atoms with E-state index in [1.165, 1.54) is 18.7 Å². The van der Waals surface area contributed by atoms with Crippen molar-refractivity contribution in [3.8, 4) is 0 Å². The number of aromatic nitrogens is 1. The van der Waals surface area contributed by atoms with E-state index >= 15 is 0 Å². The van der Waals surface area contributed by atoms with Crippen LogP contribution in [0.5, 0.6) is 0 Å². The molecule has 0 aliphatic heterocycles. The highest BCUT2D eigenvalue weighted by Gasteiger charge is 2.09. The minimum atomic E-state index is 0.00691. The van der Waals surface area contributed by atoms with Crippen molar-refractivity contribution in [1.82, 2.24) is 4.98 Å². The number of hydrogen-bond donors (Lipinski definition) is 0. The van der Waals surface area contributed by atoms with Crippen molar-refractivity contribution in [3.63, 3.8) is 0 Å². The van der Waals surface area contributed by atoms with Gasteiger partial charge in [0, 0.05) is 16.7 Å². The number of halogens is 2. The van der Waals surface area contributed by atoms with Crippen molar-refractivity contribution >= 4 is 45.1 Å². The summed E-state index contributed by atoms with van der Waals surface area (Å²) < 4.78 is 0.918. The van der Waals surface area contributed by atoms with Gasteiger partial charge in [0.25, 0.3) is 0 Å². The largest absolute Gasteiger partial charge is 0.295 e. The lowest BCUT2D eigenvalue weighted by atomic mass is 10.1. The summed E-state index contributed by atoms with van der Waals surface area (Å²) in [4.78, 5) is 16.4. The monoisotopic (exact) mass is 341 g/mol. The van der Waals surface area contributed by atoms with Crippen LogP contribution >= 0.6 is 39.3 Å². The molecule has 1 aromatic heterocycles. The minimum Gasteiger partial charge on any atom is -0.295 e. The van der Waals surface area contributed by atoms with Crippen LogP contribution in [0.1, 0.15) is 17.3 Å². The van der Waals surface area contributed by atoms with E-state index in [4.69, 9.17) is 11.6 Å². The van der Waals surface area contributed by atoms with Crippen molar-refractivity contribution in [3.05, 3.63) is 51.6 Å². The molecule has 0 amide bonds. The predicted molar refractivity (Wildman–Crippen MR) is 77.5 cm³/mol. The number of pyridine rings is 1. The molecule has 0 fully saturated rings. The van der Waals surface area contributed by atoms with E-state index in [1.807, 2.05) is 18.2 Å². The highest BCUT2D eigenvalue weighted by atomic mass is 79.9. The molecule has 0 bridgehead atoms. The van der Waals surface area contributed by atoms with Gasteiger partial charge < -0.3 is 0 Å². The summed E-state index contributed by atoms with van der Waals surface area (Å²) in [5.74, 6) is 0.00691. The first kappa shape index (κ1) is 13.6. The fourth-order valence-electron chi connectivity index (χ4n) is 1.35. The Morgan fingerprint density at radius 3 is 2.78 bits per heavy atom. The molecule has 2 rings (SSSR count). The average Bonchev–Trinajstić information content (AvgIpc) is 2.34. The number of Topliss-reactive ketones (excluding diaryl/α,β-unsaturated/α-hetero) is 1. The molecule has 0 N–H and O–H groups in total. The minimum absolute atomic E-state index is 0.00691. The molecular formula is C13H9BrClNOS. The SMILES string of the molecule is CC(=O)c1ccc(Sc2ncccc2Br)c(Cl)c1. The number of nitrogens with zero attached hydrogens (tertiary/aromatic N) is 1. The summed E-state index contributed by atoms with van der Waals surface area (Å²) >= 11 is 11.1. The third-order valence-corrected chi connectivity index (χ3v) is 4.69. The summed E-state index contributed by atoms with van der Waals surface area (Å²) in [5.41, 5.74) is 0.615. The summed E-state index contributed by atoms with van der Waals surface area (Å²) in [5, 5.41) is 1.40. The summed E-state index contributed by atoms with van der Waals surface area (Å²) in [6.07, 6.45) is 1.73. The van der Waals surface area contributed by atoms with Crippen molar-refractivity contribution in [2.24, 2.45) is 0 Å². The number of benzene rings is 1. The zero-order chi connectivity index (χ0) is 13.1. The van der Waals surface area contributed by atoms with Crippen molar-refractivity contribution < 1.29 is 4.79 Å². The Morgan fingerprint density at radius 2 is 2.17 bits per heavy atom. The molecule has 2 nitrogen and oxygen atoms in total. The van der Waals surface area contributed by atoms with Gasteiger partial charge in [-0.3, -0.25) is 4.79 Å². The van der Waals surface area contributed by atoms with E-state index in [1.54, 1.807) is 18.3 Å². The maximum Gasteiger partial charge on any atom is 0.159 e. The van der Waals surface area contributed by atoms with E-state index in [-0.39, 0.29) is 5.78 Å². The molecular weight excluding hydrogens is 334 g/mol. The van der Waals surface area contributed by atoms with Crippen LogP contribution in [-0.2, 0) is 0 Å². The van der Waals surface area contributed by atoms with Gasteiger partial charge in [0.1, 0.15) is 5.03 Å². The van der Waals surface area contributed by atoms with Crippen LogP contribution in [-0.4, -0.2) is 10.8 Å². The van der Waals surface area contributed by atoms with Gasteiger partial charge in [-0.05, 0) is 47.1 Å². The molecule has 1 heterocycles. The Labute approximate surface area is 123 Å². The smallest absolute Gasteiger partial charge is 0.159 e. The zero-order valence-corrected chi connectivity index (χ0v) is 12.6. The molecule has 0 saturated heterocycles. The van der Waals surface area contributed by atoms with Gasteiger partial charge in [0.05, 0.1) is 9.50 Å². The molecule has 2 aromatic rings.